The molecule has 5 rings (SSSR count). The molecular formula is C27H23N3O6S. The summed E-state index contributed by atoms with van der Waals surface area (Å²) in [5.74, 6) is -1.30. The molecule has 2 aliphatic heterocycles. The lowest BCUT2D eigenvalue weighted by Crippen LogP contribution is -2.29. The van der Waals surface area contributed by atoms with Crippen LogP contribution in [0, 0.1) is 6.92 Å². The third kappa shape index (κ3) is 3.77. The van der Waals surface area contributed by atoms with E-state index in [1.807, 2.05) is 25.1 Å². The number of hydrogen-bond donors (Lipinski definition) is 0. The Labute approximate surface area is 213 Å². The number of aromatic nitrogens is 1. The second-order valence-corrected chi connectivity index (χ2v) is 10.5. The number of fused-ring (bicyclic) bond motifs is 5. The third-order valence-electron chi connectivity index (χ3n) is 6.30. The first-order valence-electron chi connectivity index (χ1n) is 11.3. The van der Waals surface area contributed by atoms with Gasteiger partial charge in [-0.2, -0.15) is 0 Å². The van der Waals surface area contributed by atoms with Crippen molar-refractivity contribution < 1.29 is 27.5 Å². The van der Waals surface area contributed by atoms with Gasteiger partial charge in [-0.05, 0) is 42.8 Å². The van der Waals surface area contributed by atoms with Crippen LogP contribution in [0.1, 0.15) is 5.56 Å². The lowest BCUT2D eigenvalue weighted by Gasteiger charge is -2.26. The molecule has 37 heavy (non-hydrogen) atoms. The van der Waals surface area contributed by atoms with Gasteiger partial charge in [-0.3, -0.25) is 0 Å². The van der Waals surface area contributed by atoms with Crippen molar-refractivity contribution in [1.29, 1.82) is 0 Å². The summed E-state index contributed by atoms with van der Waals surface area (Å²) < 4.78 is 38.7. The number of sulfone groups is 1. The van der Waals surface area contributed by atoms with Crippen molar-refractivity contribution in [2.45, 2.75) is 11.8 Å². The van der Waals surface area contributed by atoms with Gasteiger partial charge in [-0.1, -0.05) is 30.3 Å². The average Bonchev–Trinajstić information content (AvgIpc) is 3.08. The number of rotatable bonds is 4. The molecule has 0 saturated carbocycles. The van der Waals surface area contributed by atoms with E-state index >= 15 is 0 Å². The molecule has 9 nitrogen and oxygen atoms in total. The number of hydrogen-bond acceptors (Lipinski definition) is 8. The Morgan fingerprint density at radius 2 is 1.65 bits per heavy atom. The Morgan fingerprint density at radius 3 is 2.32 bits per heavy atom. The first kappa shape index (κ1) is 24.3. The highest BCUT2D eigenvalue weighted by Gasteiger charge is 2.37. The minimum absolute atomic E-state index is 0.00301. The molecule has 188 valence electrons. The SMILES string of the molecule is COC(=O)C1=Nc2c(c3ccc(C)cc3n2C)N2C=C(S(=O)(=O)c3ccccc3)C=CC2=C1C(=O)OC. The van der Waals surface area contributed by atoms with Crippen molar-refractivity contribution in [2.75, 3.05) is 19.1 Å². The smallest absolute Gasteiger partial charge is 0.357 e. The van der Waals surface area contributed by atoms with E-state index in [2.05, 4.69) is 4.99 Å². The number of esters is 2. The summed E-state index contributed by atoms with van der Waals surface area (Å²) in [7, 11) is 0.273. The maximum atomic E-state index is 13.5. The molecule has 0 spiro atoms. The van der Waals surface area contributed by atoms with Crippen molar-refractivity contribution >= 4 is 49.9 Å². The van der Waals surface area contributed by atoms with Gasteiger partial charge >= 0.3 is 11.9 Å². The van der Waals surface area contributed by atoms with Crippen molar-refractivity contribution in [3.05, 3.63) is 88.6 Å². The number of carbonyl (C=O) groups excluding carboxylic acids is 2. The van der Waals surface area contributed by atoms with E-state index in [4.69, 9.17) is 9.47 Å². The van der Waals surface area contributed by atoms with Gasteiger partial charge in [0.15, 0.2) is 11.5 Å². The number of methoxy groups -OCH3 is 2. The monoisotopic (exact) mass is 517 g/mol. The largest absolute Gasteiger partial charge is 0.465 e. The van der Waals surface area contributed by atoms with Crippen LogP contribution in [0.2, 0.25) is 0 Å². The van der Waals surface area contributed by atoms with Gasteiger partial charge in [0.25, 0.3) is 0 Å². The van der Waals surface area contributed by atoms with Crippen LogP contribution in [0.3, 0.4) is 0 Å². The molecule has 10 heteroatoms. The van der Waals surface area contributed by atoms with Crippen molar-refractivity contribution in [3.8, 4) is 0 Å². The van der Waals surface area contributed by atoms with Gasteiger partial charge < -0.3 is 18.9 Å². The summed E-state index contributed by atoms with van der Waals surface area (Å²) in [5, 5.41) is 0.752. The summed E-state index contributed by atoms with van der Waals surface area (Å²) in [6.07, 6.45) is 4.31. The van der Waals surface area contributed by atoms with Gasteiger partial charge in [0, 0.05) is 18.6 Å². The van der Waals surface area contributed by atoms with Gasteiger partial charge in [-0.15, -0.1) is 0 Å². The molecule has 1 aromatic heterocycles. The topological polar surface area (TPSA) is 107 Å². The highest BCUT2D eigenvalue weighted by molar-refractivity contribution is 7.95. The maximum absolute atomic E-state index is 13.5. The Bertz CT molecular complexity index is 1710. The number of nitrogens with zero attached hydrogens (tertiary/aromatic N) is 3. The van der Waals surface area contributed by atoms with E-state index < -0.39 is 21.8 Å². The lowest BCUT2D eigenvalue weighted by molar-refractivity contribution is -0.137. The van der Waals surface area contributed by atoms with Crippen LogP contribution in [-0.4, -0.2) is 44.9 Å². The summed E-state index contributed by atoms with van der Waals surface area (Å²) in [5.41, 5.74) is 2.17. The van der Waals surface area contributed by atoms with Crippen molar-refractivity contribution in [1.82, 2.24) is 4.57 Å². The number of anilines is 1. The third-order valence-corrected chi connectivity index (χ3v) is 8.06. The minimum atomic E-state index is -3.90. The Hall–Kier alpha value is -4.44. The minimum Gasteiger partial charge on any atom is -0.465 e. The van der Waals surface area contributed by atoms with E-state index in [9.17, 15) is 18.0 Å². The number of aliphatic imine (C=N–C) groups is 1. The molecule has 2 aliphatic rings. The number of aryl methyl sites for hydroxylation is 2. The summed E-state index contributed by atoms with van der Waals surface area (Å²) in [4.78, 5) is 32.2. The number of benzene rings is 2. The second-order valence-electron chi connectivity index (χ2n) is 8.51. The fraction of sp³-hybridized carbons (Fsp3) is 0.148. The molecule has 0 N–H and O–H groups in total. The van der Waals surface area contributed by atoms with Crippen LogP contribution in [0.5, 0.6) is 0 Å². The predicted octanol–water partition coefficient (Wildman–Crippen LogP) is 3.86. The number of ether oxygens (including phenoxy) is 2. The van der Waals surface area contributed by atoms with Gasteiger partial charge in [0.05, 0.1) is 40.9 Å². The van der Waals surface area contributed by atoms with E-state index in [0.29, 0.717) is 11.5 Å². The predicted molar refractivity (Wildman–Crippen MR) is 139 cm³/mol. The highest BCUT2D eigenvalue weighted by atomic mass is 32.2. The first-order valence-corrected chi connectivity index (χ1v) is 12.8. The molecular weight excluding hydrogens is 494 g/mol. The normalized spacial score (nSPS) is 15.0. The van der Waals surface area contributed by atoms with Crippen LogP contribution in [0.25, 0.3) is 10.9 Å². The van der Waals surface area contributed by atoms with E-state index in [1.54, 1.807) is 34.7 Å². The summed E-state index contributed by atoms with van der Waals surface area (Å²) in [6.45, 7) is 1.95. The summed E-state index contributed by atoms with van der Waals surface area (Å²) >= 11 is 0. The fourth-order valence-electron chi connectivity index (χ4n) is 4.47. The number of carbonyl (C=O) groups is 2. The van der Waals surface area contributed by atoms with Crippen molar-refractivity contribution in [3.63, 3.8) is 0 Å². The van der Waals surface area contributed by atoms with Gasteiger partial charge in [0.1, 0.15) is 5.57 Å². The van der Waals surface area contributed by atoms with Crippen LogP contribution < -0.4 is 4.90 Å². The molecule has 0 saturated heterocycles. The Kier molecular flexibility index (Phi) is 5.83. The molecule has 3 heterocycles. The van der Waals surface area contributed by atoms with E-state index in [-0.39, 0.29) is 26.8 Å². The van der Waals surface area contributed by atoms with Crippen LogP contribution in [-0.2, 0) is 35.9 Å². The Morgan fingerprint density at radius 1 is 0.946 bits per heavy atom. The second kappa shape index (κ2) is 8.90. The van der Waals surface area contributed by atoms with Crippen LogP contribution in [0.15, 0.2) is 92.9 Å². The molecule has 0 bridgehead atoms. The van der Waals surface area contributed by atoms with Crippen LogP contribution in [0.4, 0.5) is 11.5 Å². The van der Waals surface area contributed by atoms with E-state index in [1.165, 1.54) is 44.7 Å². The highest BCUT2D eigenvalue weighted by Crippen LogP contribution is 2.46. The van der Waals surface area contributed by atoms with Crippen LogP contribution >= 0.6 is 0 Å². The standard InChI is InChI=1S/C27H23N3O6S/c1-16-10-12-19-21(14-16)29(2)25-24(19)30-15-18(37(33,34)17-8-6-5-7-9-17)11-13-20(30)22(26(31)35-3)23(28-25)27(32)36-4/h5-15H,1-4H3. The zero-order valence-corrected chi connectivity index (χ0v) is 21.4. The molecule has 0 radical (unpaired) electrons. The molecule has 2 aromatic carbocycles. The summed E-state index contributed by atoms with van der Waals surface area (Å²) in [6, 6.07) is 13.8. The fourth-order valence-corrected chi connectivity index (χ4v) is 5.75. The average molecular weight is 518 g/mol. The molecule has 0 amide bonds. The molecule has 3 aromatic rings. The van der Waals surface area contributed by atoms with Gasteiger partial charge in [-0.25, -0.2) is 23.0 Å². The van der Waals surface area contributed by atoms with E-state index in [0.717, 1.165) is 16.5 Å². The zero-order valence-electron chi connectivity index (χ0n) is 20.6. The first-order chi connectivity index (χ1) is 17.7. The number of allylic oxidation sites excluding steroid dienone is 2. The Balaban J connectivity index is 1.87. The van der Waals surface area contributed by atoms with Gasteiger partial charge in [0.2, 0.25) is 9.84 Å². The molecule has 0 atom stereocenters. The lowest BCUT2D eigenvalue weighted by atomic mass is 10.0. The van der Waals surface area contributed by atoms with Crippen molar-refractivity contribution in [2.24, 2.45) is 12.0 Å². The molecule has 0 fully saturated rings. The zero-order chi connectivity index (χ0) is 26.5. The maximum Gasteiger partial charge on any atom is 0.357 e. The molecule has 0 unspecified atom stereocenters. The quantitative estimate of drug-likeness (QED) is 0.484. The molecule has 0 aliphatic carbocycles.